The van der Waals surface area contributed by atoms with E-state index in [2.05, 4.69) is 193 Å². The SMILES string of the molecule is c1ccc(-c2cc(-c3ccccc3)nc(-c3cccc(-c4cccc(-c5nc(-c6ccccc6)c6c7ccccc7n(-c7ccccc7)c6n5)c4)c3)c2)cc1. The van der Waals surface area contributed by atoms with Gasteiger partial charge in [0.1, 0.15) is 5.65 Å². The van der Waals surface area contributed by atoms with E-state index in [0.717, 1.165) is 89.2 Å². The Bertz CT molecular complexity index is 2900. The molecule has 3 aromatic heterocycles. The lowest BCUT2D eigenvalue weighted by molar-refractivity contribution is 1.11. The summed E-state index contributed by atoms with van der Waals surface area (Å²) in [6.45, 7) is 0. The van der Waals surface area contributed by atoms with Gasteiger partial charge in [-0.15, -0.1) is 0 Å². The molecule has 0 aliphatic heterocycles. The Balaban J connectivity index is 1.12. The second-order valence-corrected chi connectivity index (χ2v) is 13.7. The maximum Gasteiger partial charge on any atom is 0.162 e. The summed E-state index contributed by atoms with van der Waals surface area (Å²) in [6, 6.07) is 71.9. The molecule has 0 spiro atoms. The molecule has 10 aromatic rings. The van der Waals surface area contributed by atoms with Gasteiger partial charge in [0.15, 0.2) is 5.82 Å². The lowest BCUT2D eigenvalue weighted by atomic mass is 9.97. The van der Waals surface area contributed by atoms with Crippen molar-refractivity contribution in [3.63, 3.8) is 0 Å². The number of para-hydroxylation sites is 2. The van der Waals surface area contributed by atoms with Gasteiger partial charge in [-0.05, 0) is 64.7 Å². The second-order valence-electron chi connectivity index (χ2n) is 13.7. The van der Waals surface area contributed by atoms with Gasteiger partial charge in [-0.3, -0.25) is 4.57 Å². The van der Waals surface area contributed by atoms with E-state index in [1.54, 1.807) is 0 Å². The highest BCUT2D eigenvalue weighted by Gasteiger charge is 2.21. The number of aromatic nitrogens is 4. The summed E-state index contributed by atoms with van der Waals surface area (Å²) in [6.07, 6.45) is 0. The number of pyridine rings is 1. The lowest BCUT2D eigenvalue weighted by Crippen LogP contribution is -1.99. The maximum atomic E-state index is 5.36. The first-order chi connectivity index (χ1) is 27.3. The zero-order valence-corrected chi connectivity index (χ0v) is 29.9. The quantitative estimate of drug-likeness (QED) is 0.166. The molecule has 3 heterocycles. The molecule has 4 heteroatoms. The number of nitrogens with zero attached hydrogens (tertiary/aromatic N) is 4. The smallest absolute Gasteiger partial charge is 0.162 e. The van der Waals surface area contributed by atoms with Crippen molar-refractivity contribution >= 4 is 21.9 Å². The van der Waals surface area contributed by atoms with Crippen LogP contribution in [0.15, 0.2) is 206 Å². The molecule has 0 saturated heterocycles. The fourth-order valence-corrected chi connectivity index (χ4v) is 7.55. The van der Waals surface area contributed by atoms with Crippen LogP contribution in [0, 0.1) is 0 Å². The zero-order chi connectivity index (χ0) is 36.6. The first kappa shape index (κ1) is 32.2. The highest BCUT2D eigenvalue weighted by atomic mass is 15.1. The first-order valence-electron chi connectivity index (χ1n) is 18.5. The van der Waals surface area contributed by atoms with Gasteiger partial charge in [-0.1, -0.05) is 164 Å². The van der Waals surface area contributed by atoms with Crippen LogP contribution in [0.4, 0.5) is 0 Å². The molecule has 0 fully saturated rings. The van der Waals surface area contributed by atoms with E-state index in [1.165, 1.54) is 0 Å². The molecule has 0 N–H and O–H groups in total. The third-order valence-corrected chi connectivity index (χ3v) is 10.2. The Kier molecular flexibility index (Phi) is 8.12. The van der Waals surface area contributed by atoms with Crippen molar-refractivity contribution in [2.75, 3.05) is 0 Å². The van der Waals surface area contributed by atoms with E-state index in [-0.39, 0.29) is 0 Å². The number of hydrogen-bond donors (Lipinski definition) is 0. The number of fused-ring (bicyclic) bond motifs is 3. The normalized spacial score (nSPS) is 11.3. The van der Waals surface area contributed by atoms with Crippen LogP contribution in [0.3, 0.4) is 0 Å². The van der Waals surface area contributed by atoms with Crippen molar-refractivity contribution in [3.8, 4) is 73.1 Å². The molecule has 258 valence electrons. The average Bonchev–Trinajstić information content (AvgIpc) is 3.61. The number of rotatable bonds is 7. The third-order valence-electron chi connectivity index (χ3n) is 10.2. The molecule has 0 unspecified atom stereocenters. The van der Waals surface area contributed by atoms with Gasteiger partial charge in [0.05, 0.1) is 28.0 Å². The molecular weight excluding hydrogens is 669 g/mol. The van der Waals surface area contributed by atoms with E-state index in [0.29, 0.717) is 5.82 Å². The minimum absolute atomic E-state index is 0.675. The highest BCUT2D eigenvalue weighted by Crippen LogP contribution is 2.39. The first-order valence-corrected chi connectivity index (χ1v) is 18.5. The van der Waals surface area contributed by atoms with Gasteiger partial charge in [-0.25, -0.2) is 15.0 Å². The molecule has 0 amide bonds. The standard InChI is InChI=1S/C51H34N4/c1-5-17-35(18-6-1)42-33-45(36-19-7-2-8-20-36)52-46(34-42)40-25-15-23-38(31-40)39-24-16-26-41(32-39)50-53-49(37-21-9-3-10-22-37)48-44-29-13-14-30-47(44)55(51(48)54-50)43-27-11-4-12-28-43/h1-34H. The van der Waals surface area contributed by atoms with Crippen LogP contribution in [-0.4, -0.2) is 19.5 Å². The van der Waals surface area contributed by atoms with Gasteiger partial charge in [0, 0.05) is 33.3 Å². The largest absolute Gasteiger partial charge is 0.294 e. The Morgan fingerprint density at radius 1 is 0.327 bits per heavy atom. The summed E-state index contributed by atoms with van der Waals surface area (Å²) in [5.74, 6) is 0.675. The van der Waals surface area contributed by atoms with E-state index in [1.807, 2.05) is 18.2 Å². The molecule has 0 aliphatic rings. The van der Waals surface area contributed by atoms with Crippen LogP contribution in [0.5, 0.6) is 0 Å². The summed E-state index contributed by atoms with van der Waals surface area (Å²) in [7, 11) is 0. The number of hydrogen-bond acceptors (Lipinski definition) is 3. The molecule has 0 saturated carbocycles. The monoisotopic (exact) mass is 702 g/mol. The fourth-order valence-electron chi connectivity index (χ4n) is 7.55. The molecule has 4 nitrogen and oxygen atoms in total. The van der Waals surface area contributed by atoms with Crippen LogP contribution < -0.4 is 0 Å². The van der Waals surface area contributed by atoms with Gasteiger partial charge in [-0.2, -0.15) is 0 Å². The Hall–Kier alpha value is -7.43. The van der Waals surface area contributed by atoms with Crippen molar-refractivity contribution < 1.29 is 0 Å². The maximum absolute atomic E-state index is 5.36. The molecular formula is C51H34N4. The summed E-state index contributed by atoms with van der Waals surface area (Å²) in [4.78, 5) is 15.9. The molecule has 0 atom stereocenters. The third kappa shape index (κ3) is 6.06. The van der Waals surface area contributed by atoms with Crippen LogP contribution in [-0.2, 0) is 0 Å². The predicted molar refractivity (Wildman–Crippen MR) is 227 cm³/mol. The summed E-state index contributed by atoms with van der Waals surface area (Å²) >= 11 is 0. The summed E-state index contributed by atoms with van der Waals surface area (Å²) < 4.78 is 2.26. The van der Waals surface area contributed by atoms with Crippen molar-refractivity contribution in [3.05, 3.63) is 206 Å². The Morgan fingerprint density at radius 2 is 0.836 bits per heavy atom. The predicted octanol–water partition coefficient (Wildman–Crippen LogP) is 13.0. The van der Waals surface area contributed by atoms with Gasteiger partial charge >= 0.3 is 0 Å². The van der Waals surface area contributed by atoms with Gasteiger partial charge in [0.25, 0.3) is 0 Å². The van der Waals surface area contributed by atoms with Crippen LogP contribution in [0.2, 0.25) is 0 Å². The van der Waals surface area contributed by atoms with E-state index >= 15 is 0 Å². The van der Waals surface area contributed by atoms with Crippen molar-refractivity contribution in [1.29, 1.82) is 0 Å². The Morgan fingerprint density at radius 3 is 1.53 bits per heavy atom. The summed E-state index contributed by atoms with van der Waals surface area (Å²) in [5, 5.41) is 2.16. The molecule has 7 aromatic carbocycles. The van der Waals surface area contributed by atoms with Gasteiger partial charge < -0.3 is 0 Å². The van der Waals surface area contributed by atoms with E-state index in [4.69, 9.17) is 15.0 Å². The number of benzene rings is 7. The lowest BCUT2D eigenvalue weighted by Gasteiger charge is -2.12. The minimum atomic E-state index is 0.675. The fraction of sp³-hybridized carbons (Fsp3) is 0. The van der Waals surface area contributed by atoms with Crippen molar-refractivity contribution in [2.45, 2.75) is 0 Å². The summed E-state index contributed by atoms with van der Waals surface area (Å²) in [5.41, 5.74) is 14.4. The molecule has 0 bridgehead atoms. The Labute approximate surface area is 319 Å². The minimum Gasteiger partial charge on any atom is -0.294 e. The molecule has 0 radical (unpaired) electrons. The average molecular weight is 703 g/mol. The van der Waals surface area contributed by atoms with E-state index < -0.39 is 0 Å². The van der Waals surface area contributed by atoms with Crippen LogP contribution in [0.25, 0.3) is 95.0 Å². The molecule has 55 heavy (non-hydrogen) atoms. The topological polar surface area (TPSA) is 43.6 Å². The van der Waals surface area contributed by atoms with E-state index in [9.17, 15) is 0 Å². The zero-order valence-electron chi connectivity index (χ0n) is 29.9. The van der Waals surface area contributed by atoms with Crippen LogP contribution in [0.1, 0.15) is 0 Å². The second kappa shape index (κ2) is 13.8. The van der Waals surface area contributed by atoms with Crippen molar-refractivity contribution in [1.82, 2.24) is 19.5 Å². The molecule has 10 rings (SSSR count). The highest BCUT2D eigenvalue weighted by molar-refractivity contribution is 6.14. The van der Waals surface area contributed by atoms with Crippen LogP contribution >= 0.6 is 0 Å². The molecule has 0 aliphatic carbocycles. The van der Waals surface area contributed by atoms with Gasteiger partial charge in [0.2, 0.25) is 0 Å². The van der Waals surface area contributed by atoms with Crippen molar-refractivity contribution in [2.24, 2.45) is 0 Å².